The van der Waals surface area contributed by atoms with Gasteiger partial charge in [0.25, 0.3) is 0 Å². The first kappa shape index (κ1) is 27.5. The van der Waals surface area contributed by atoms with Gasteiger partial charge in [0, 0.05) is 6.04 Å². The average molecular weight is 532 g/mol. The Kier molecular flexibility index (Phi) is 8.70. The average Bonchev–Trinajstić information content (AvgIpc) is 3.78. The number of primary amides is 1. The molecule has 0 bridgehead atoms. The molecule has 9 heteroatoms. The van der Waals surface area contributed by atoms with Crippen molar-refractivity contribution in [3.05, 3.63) is 83.4 Å². The highest BCUT2D eigenvalue weighted by molar-refractivity contribution is 6.00. The number of hydrogen-bond acceptors (Lipinski definition) is 6. The van der Waals surface area contributed by atoms with E-state index >= 15 is 0 Å². The van der Waals surface area contributed by atoms with Crippen LogP contribution in [0.25, 0.3) is 0 Å². The summed E-state index contributed by atoms with van der Waals surface area (Å²) in [5.41, 5.74) is 9.00. The number of hydrogen-bond donors (Lipinski definition) is 1. The molecule has 0 aliphatic heterocycles. The van der Waals surface area contributed by atoms with E-state index in [9.17, 15) is 14.4 Å². The van der Waals surface area contributed by atoms with E-state index in [0.29, 0.717) is 41.6 Å². The van der Waals surface area contributed by atoms with Crippen molar-refractivity contribution in [1.82, 2.24) is 4.90 Å². The van der Waals surface area contributed by atoms with Crippen LogP contribution >= 0.6 is 0 Å². The number of anilines is 2. The van der Waals surface area contributed by atoms with Gasteiger partial charge < -0.3 is 24.8 Å². The van der Waals surface area contributed by atoms with Gasteiger partial charge in [0.05, 0.1) is 44.1 Å². The molecule has 1 aliphatic carbocycles. The first-order valence-corrected chi connectivity index (χ1v) is 12.7. The van der Waals surface area contributed by atoms with Crippen molar-refractivity contribution < 1.29 is 28.6 Å². The van der Waals surface area contributed by atoms with E-state index in [4.69, 9.17) is 19.9 Å². The smallest absolute Gasteiger partial charge is 0.337 e. The lowest BCUT2D eigenvalue weighted by atomic mass is 10.1. The van der Waals surface area contributed by atoms with E-state index in [1.807, 2.05) is 42.2 Å². The summed E-state index contributed by atoms with van der Waals surface area (Å²) in [5, 5.41) is 0. The van der Waals surface area contributed by atoms with Gasteiger partial charge in [-0.25, -0.2) is 9.59 Å². The lowest BCUT2D eigenvalue weighted by molar-refractivity contribution is -0.131. The van der Waals surface area contributed by atoms with Gasteiger partial charge >= 0.3 is 12.0 Å². The number of amides is 3. The topological polar surface area (TPSA) is 111 Å². The number of para-hydroxylation sites is 1. The number of aryl methyl sites for hydroxylation is 1. The van der Waals surface area contributed by atoms with Crippen molar-refractivity contribution in [3.8, 4) is 11.5 Å². The summed E-state index contributed by atoms with van der Waals surface area (Å²) < 4.78 is 16.1. The number of benzene rings is 3. The third kappa shape index (κ3) is 6.67. The van der Waals surface area contributed by atoms with Crippen LogP contribution in [0.1, 0.15) is 34.3 Å². The predicted octanol–water partition coefficient (Wildman–Crippen LogP) is 4.62. The zero-order valence-electron chi connectivity index (χ0n) is 22.4. The van der Waals surface area contributed by atoms with Crippen LogP contribution in [0.5, 0.6) is 11.5 Å². The zero-order chi connectivity index (χ0) is 27.9. The highest BCUT2D eigenvalue weighted by Crippen LogP contribution is 2.36. The van der Waals surface area contributed by atoms with Gasteiger partial charge in [-0.3, -0.25) is 9.69 Å². The number of methoxy groups -OCH3 is 2. The van der Waals surface area contributed by atoms with Crippen molar-refractivity contribution in [2.45, 2.75) is 32.2 Å². The van der Waals surface area contributed by atoms with Crippen LogP contribution in [-0.4, -0.2) is 56.2 Å². The number of urea groups is 1. The molecule has 0 heterocycles. The van der Waals surface area contributed by atoms with Crippen LogP contribution in [0.2, 0.25) is 0 Å². The number of esters is 1. The predicted molar refractivity (Wildman–Crippen MR) is 148 cm³/mol. The molecule has 1 saturated carbocycles. The Morgan fingerprint density at radius 3 is 2.28 bits per heavy atom. The van der Waals surface area contributed by atoms with E-state index < -0.39 is 12.0 Å². The fourth-order valence-electron chi connectivity index (χ4n) is 4.44. The number of carbonyl (C=O) groups is 3. The van der Waals surface area contributed by atoms with Gasteiger partial charge in [-0.15, -0.1) is 0 Å². The third-order valence-corrected chi connectivity index (χ3v) is 6.60. The van der Waals surface area contributed by atoms with Crippen LogP contribution in [0.15, 0.2) is 66.7 Å². The van der Waals surface area contributed by atoms with Crippen molar-refractivity contribution >= 4 is 29.3 Å². The van der Waals surface area contributed by atoms with E-state index in [0.717, 1.165) is 24.0 Å². The Balaban J connectivity index is 1.43. The molecule has 1 fully saturated rings. The highest BCUT2D eigenvalue weighted by Gasteiger charge is 2.32. The minimum absolute atomic E-state index is 0.0115. The summed E-state index contributed by atoms with van der Waals surface area (Å²) in [6.45, 7) is 2.67. The number of rotatable bonds is 11. The summed E-state index contributed by atoms with van der Waals surface area (Å²) >= 11 is 0. The second-order valence-corrected chi connectivity index (χ2v) is 9.33. The normalized spacial score (nSPS) is 12.4. The van der Waals surface area contributed by atoms with Gasteiger partial charge in [-0.1, -0.05) is 24.3 Å². The molecule has 0 saturated heterocycles. The molecule has 0 unspecified atom stereocenters. The minimum Gasteiger partial charge on any atom is -0.495 e. The van der Waals surface area contributed by atoms with Crippen LogP contribution < -0.4 is 20.1 Å². The molecular formula is C30H33N3O6. The van der Waals surface area contributed by atoms with E-state index in [1.165, 1.54) is 19.1 Å². The maximum absolute atomic E-state index is 13.3. The van der Waals surface area contributed by atoms with Gasteiger partial charge in [0.2, 0.25) is 5.91 Å². The van der Waals surface area contributed by atoms with Gasteiger partial charge in [0.15, 0.2) is 0 Å². The molecule has 3 aromatic rings. The summed E-state index contributed by atoms with van der Waals surface area (Å²) in [7, 11) is 2.86. The quantitative estimate of drug-likeness (QED) is 0.362. The third-order valence-electron chi connectivity index (χ3n) is 6.60. The number of ether oxygens (including phenoxy) is 3. The maximum atomic E-state index is 13.3. The molecule has 2 N–H and O–H groups in total. The molecule has 39 heavy (non-hydrogen) atoms. The lowest BCUT2D eigenvalue weighted by Crippen LogP contribution is -2.37. The fourth-order valence-corrected chi connectivity index (χ4v) is 4.44. The Morgan fingerprint density at radius 1 is 0.949 bits per heavy atom. The summed E-state index contributed by atoms with van der Waals surface area (Å²) in [6.07, 6.45) is 2.11. The van der Waals surface area contributed by atoms with E-state index in [-0.39, 0.29) is 18.4 Å². The van der Waals surface area contributed by atoms with Crippen LogP contribution in [0.3, 0.4) is 0 Å². The molecule has 0 aromatic heterocycles. The molecule has 204 valence electrons. The summed E-state index contributed by atoms with van der Waals surface area (Å²) in [5.74, 6) is 0.634. The Bertz CT molecular complexity index is 1340. The number of nitrogens with two attached hydrogens (primary N) is 1. The van der Waals surface area contributed by atoms with Gasteiger partial charge in [0.1, 0.15) is 18.1 Å². The molecule has 0 atom stereocenters. The molecule has 4 rings (SSSR count). The molecule has 1 aliphatic rings. The largest absolute Gasteiger partial charge is 0.495 e. The van der Waals surface area contributed by atoms with Crippen molar-refractivity contribution in [2.24, 2.45) is 5.73 Å². The highest BCUT2D eigenvalue weighted by atomic mass is 16.5. The Labute approximate surface area is 228 Å². The molecule has 0 spiro atoms. The summed E-state index contributed by atoms with van der Waals surface area (Å²) in [6, 6.07) is 19.0. The molecular weight excluding hydrogens is 498 g/mol. The van der Waals surface area contributed by atoms with Crippen LogP contribution in [0, 0.1) is 6.92 Å². The zero-order valence-corrected chi connectivity index (χ0v) is 22.4. The minimum atomic E-state index is -0.633. The monoisotopic (exact) mass is 531 g/mol. The standard InChI is InChI=1S/C30H33N3O6/c1-20-6-4-5-7-25(20)33(30(31)36)26-15-8-21(18-27(26)37-2)19-28(34)32(23-11-12-23)16-17-39-24-13-9-22(10-14-24)29(35)38-3/h4-10,13-15,18,23H,11-12,16-17,19H2,1-3H3,(H2,31,36). The van der Waals surface area contributed by atoms with Crippen molar-refractivity contribution in [3.63, 3.8) is 0 Å². The first-order chi connectivity index (χ1) is 18.8. The summed E-state index contributed by atoms with van der Waals surface area (Å²) in [4.78, 5) is 40.6. The van der Waals surface area contributed by atoms with Crippen LogP contribution in [-0.2, 0) is 16.0 Å². The van der Waals surface area contributed by atoms with E-state index in [2.05, 4.69) is 0 Å². The molecule has 3 amide bonds. The van der Waals surface area contributed by atoms with Crippen LogP contribution in [0.4, 0.5) is 16.2 Å². The molecule has 0 radical (unpaired) electrons. The van der Waals surface area contributed by atoms with Crippen molar-refractivity contribution in [2.75, 3.05) is 32.3 Å². The maximum Gasteiger partial charge on any atom is 0.337 e. The van der Waals surface area contributed by atoms with Gasteiger partial charge in [-0.2, -0.15) is 0 Å². The molecule has 3 aromatic carbocycles. The Morgan fingerprint density at radius 2 is 1.67 bits per heavy atom. The van der Waals surface area contributed by atoms with Gasteiger partial charge in [-0.05, 0) is 73.4 Å². The number of carbonyl (C=O) groups excluding carboxylic acids is 3. The lowest BCUT2D eigenvalue weighted by Gasteiger charge is -2.25. The van der Waals surface area contributed by atoms with Crippen molar-refractivity contribution in [1.29, 1.82) is 0 Å². The molecule has 9 nitrogen and oxygen atoms in total. The number of nitrogens with zero attached hydrogens (tertiary/aromatic N) is 2. The fraction of sp³-hybridized carbons (Fsp3) is 0.300. The van der Waals surface area contributed by atoms with E-state index in [1.54, 1.807) is 36.4 Å². The second-order valence-electron chi connectivity index (χ2n) is 9.33. The SMILES string of the molecule is COC(=O)c1ccc(OCCN(C(=O)Cc2ccc(N(C(N)=O)c3ccccc3C)c(OC)c2)C2CC2)cc1. The second kappa shape index (κ2) is 12.3. The first-order valence-electron chi connectivity index (χ1n) is 12.7. The Hall–Kier alpha value is -4.53.